The Morgan fingerprint density at radius 3 is 2.31 bits per heavy atom. The number of aromatic nitrogens is 2. The fourth-order valence-corrected chi connectivity index (χ4v) is 2.52. The van der Waals surface area contributed by atoms with E-state index in [9.17, 15) is 0 Å². The van der Waals surface area contributed by atoms with Gasteiger partial charge in [0.1, 0.15) is 0 Å². The summed E-state index contributed by atoms with van der Waals surface area (Å²) in [4.78, 5) is 0. The van der Waals surface area contributed by atoms with Gasteiger partial charge >= 0.3 is 0 Å². The van der Waals surface area contributed by atoms with Crippen LogP contribution in [0.5, 0.6) is 0 Å². The fraction of sp³-hybridized carbons (Fsp3) is 0.769. The van der Waals surface area contributed by atoms with Gasteiger partial charge in [0, 0.05) is 18.1 Å². The lowest BCUT2D eigenvalue weighted by Crippen LogP contribution is -1.90. The van der Waals surface area contributed by atoms with E-state index in [0.717, 1.165) is 0 Å². The predicted octanol–water partition coefficient (Wildman–Crippen LogP) is 4.52. The van der Waals surface area contributed by atoms with E-state index in [0.29, 0.717) is 0 Å². The zero-order valence-corrected chi connectivity index (χ0v) is 11.2. The predicted molar refractivity (Wildman–Crippen MR) is 72.7 cm³/mol. The highest BCUT2D eigenvalue weighted by atomic mass is 32.2. The molecule has 0 radical (unpaired) electrons. The molecule has 1 aromatic rings. The summed E-state index contributed by atoms with van der Waals surface area (Å²) in [5.74, 6) is 1.19. The highest BCUT2D eigenvalue weighted by Crippen LogP contribution is 2.11. The molecule has 0 aliphatic rings. The van der Waals surface area contributed by atoms with Crippen LogP contribution >= 0.6 is 11.9 Å². The molecular weight excluding hydrogens is 216 g/mol. The van der Waals surface area contributed by atoms with Crippen molar-refractivity contribution in [3.63, 3.8) is 0 Å². The second-order valence-electron chi connectivity index (χ2n) is 4.22. The molecule has 2 nitrogen and oxygen atoms in total. The monoisotopic (exact) mass is 240 g/mol. The lowest BCUT2D eigenvalue weighted by atomic mass is 10.1. The topological polar surface area (TPSA) is 17.8 Å². The zero-order valence-electron chi connectivity index (χ0n) is 10.4. The SMILES string of the molecule is CCCCCCCCCCSn1cccn1. The molecule has 92 valence electrons. The molecular formula is C13H24N2S. The number of rotatable bonds is 10. The molecule has 0 aromatic carbocycles. The molecule has 0 aliphatic heterocycles. The number of hydrogen-bond donors (Lipinski definition) is 0. The Balaban J connectivity index is 1.78. The van der Waals surface area contributed by atoms with E-state index in [1.165, 1.54) is 57.1 Å². The van der Waals surface area contributed by atoms with Crippen molar-refractivity contribution >= 4 is 11.9 Å². The molecule has 0 amide bonds. The molecule has 0 aliphatic carbocycles. The van der Waals surface area contributed by atoms with E-state index in [1.807, 2.05) is 22.5 Å². The maximum atomic E-state index is 4.16. The minimum atomic E-state index is 1.19. The van der Waals surface area contributed by atoms with Crippen LogP contribution in [-0.4, -0.2) is 14.9 Å². The number of hydrogen-bond acceptors (Lipinski definition) is 2. The Hall–Kier alpha value is -0.440. The van der Waals surface area contributed by atoms with Crippen LogP contribution in [0, 0.1) is 0 Å². The Labute approximate surface area is 104 Å². The molecule has 0 saturated heterocycles. The smallest absolute Gasteiger partial charge is 0.0500 e. The third-order valence-corrected chi connectivity index (χ3v) is 3.65. The third-order valence-electron chi connectivity index (χ3n) is 2.70. The molecule has 0 bridgehead atoms. The third kappa shape index (κ3) is 6.94. The Morgan fingerprint density at radius 2 is 1.69 bits per heavy atom. The maximum absolute atomic E-state index is 4.16. The molecule has 0 unspecified atom stereocenters. The first kappa shape index (κ1) is 13.6. The zero-order chi connectivity index (χ0) is 11.5. The van der Waals surface area contributed by atoms with Crippen molar-refractivity contribution in [2.75, 3.05) is 5.75 Å². The molecule has 0 N–H and O–H groups in total. The highest BCUT2D eigenvalue weighted by molar-refractivity contribution is 7.97. The van der Waals surface area contributed by atoms with E-state index in [-0.39, 0.29) is 0 Å². The molecule has 0 fully saturated rings. The minimum Gasteiger partial charge on any atom is -0.214 e. The Morgan fingerprint density at radius 1 is 1.00 bits per heavy atom. The van der Waals surface area contributed by atoms with Crippen LogP contribution in [0.3, 0.4) is 0 Å². The average molecular weight is 240 g/mol. The highest BCUT2D eigenvalue weighted by Gasteiger charge is 1.93. The largest absolute Gasteiger partial charge is 0.214 e. The van der Waals surface area contributed by atoms with Crippen molar-refractivity contribution in [3.05, 3.63) is 18.5 Å². The van der Waals surface area contributed by atoms with Gasteiger partial charge in [-0.25, -0.2) is 4.09 Å². The van der Waals surface area contributed by atoms with Crippen LogP contribution in [-0.2, 0) is 0 Å². The lowest BCUT2D eigenvalue weighted by molar-refractivity contribution is 0.586. The normalized spacial score (nSPS) is 10.8. The molecule has 3 heteroatoms. The minimum absolute atomic E-state index is 1.19. The van der Waals surface area contributed by atoms with Gasteiger partial charge in [0.15, 0.2) is 0 Å². The summed E-state index contributed by atoms with van der Waals surface area (Å²) in [6.45, 7) is 2.27. The van der Waals surface area contributed by atoms with E-state index in [1.54, 1.807) is 11.9 Å². The van der Waals surface area contributed by atoms with Crippen molar-refractivity contribution < 1.29 is 0 Å². The van der Waals surface area contributed by atoms with Crippen LogP contribution in [0.2, 0.25) is 0 Å². The van der Waals surface area contributed by atoms with E-state index < -0.39 is 0 Å². The standard InChI is InChI=1S/C13H24N2S/c1-2-3-4-5-6-7-8-9-13-16-15-12-10-11-14-15/h10-12H,2-9,13H2,1H3. The molecule has 1 rings (SSSR count). The average Bonchev–Trinajstić information content (AvgIpc) is 2.80. The number of nitrogens with zero attached hydrogens (tertiary/aromatic N) is 2. The van der Waals surface area contributed by atoms with Crippen molar-refractivity contribution in [2.45, 2.75) is 58.3 Å². The van der Waals surface area contributed by atoms with Crippen LogP contribution in [0.25, 0.3) is 0 Å². The fourth-order valence-electron chi connectivity index (χ4n) is 1.73. The van der Waals surface area contributed by atoms with Gasteiger partial charge in [-0.1, -0.05) is 51.9 Å². The Kier molecular flexibility index (Phi) is 8.31. The van der Waals surface area contributed by atoms with E-state index in [2.05, 4.69) is 12.0 Å². The summed E-state index contributed by atoms with van der Waals surface area (Å²) in [6.07, 6.45) is 15.0. The van der Waals surface area contributed by atoms with Gasteiger partial charge in [-0.3, -0.25) is 0 Å². The summed E-state index contributed by atoms with van der Waals surface area (Å²) in [5, 5.41) is 4.16. The summed E-state index contributed by atoms with van der Waals surface area (Å²) < 4.78 is 1.95. The van der Waals surface area contributed by atoms with Gasteiger partial charge in [-0.2, -0.15) is 5.10 Å². The van der Waals surface area contributed by atoms with Gasteiger partial charge < -0.3 is 0 Å². The quantitative estimate of drug-likeness (QED) is 0.560. The summed E-state index contributed by atoms with van der Waals surface area (Å²) in [7, 11) is 0. The van der Waals surface area contributed by atoms with Crippen LogP contribution in [0.1, 0.15) is 58.3 Å². The molecule has 0 saturated carbocycles. The first-order valence-corrected chi connectivity index (χ1v) is 7.50. The van der Waals surface area contributed by atoms with Crippen molar-refractivity contribution in [3.8, 4) is 0 Å². The summed E-state index contributed by atoms with van der Waals surface area (Å²) in [5.41, 5.74) is 0. The molecule has 0 spiro atoms. The van der Waals surface area contributed by atoms with Gasteiger partial charge in [0.2, 0.25) is 0 Å². The Bertz CT molecular complexity index is 234. The van der Waals surface area contributed by atoms with Crippen molar-refractivity contribution in [2.24, 2.45) is 0 Å². The maximum Gasteiger partial charge on any atom is 0.0500 e. The first-order valence-electron chi connectivity index (χ1n) is 6.56. The number of unbranched alkanes of at least 4 members (excludes halogenated alkanes) is 7. The van der Waals surface area contributed by atoms with Crippen molar-refractivity contribution in [1.29, 1.82) is 0 Å². The molecule has 16 heavy (non-hydrogen) atoms. The van der Waals surface area contributed by atoms with Gasteiger partial charge in [-0.05, 0) is 24.4 Å². The molecule has 1 aromatic heterocycles. The lowest BCUT2D eigenvalue weighted by Gasteiger charge is -2.01. The van der Waals surface area contributed by atoms with E-state index >= 15 is 0 Å². The molecule has 0 atom stereocenters. The summed E-state index contributed by atoms with van der Waals surface area (Å²) >= 11 is 1.80. The van der Waals surface area contributed by atoms with E-state index in [4.69, 9.17) is 0 Å². The van der Waals surface area contributed by atoms with Gasteiger partial charge in [0.05, 0.1) is 0 Å². The molecule has 1 heterocycles. The first-order chi connectivity index (χ1) is 7.93. The second kappa shape index (κ2) is 9.76. The van der Waals surface area contributed by atoms with Crippen LogP contribution in [0.4, 0.5) is 0 Å². The van der Waals surface area contributed by atoms with Crippen LogP contribution < -0.4 is 0 Å². The van der Waals surface area contributed by atoms with Crippen LogP contribution in [0.15, 0.2) is 18.5 Å². The van der Waals surface area contributed by atoms with Gasteiger partial charge in [-0.15, -0.1) is 0 Å². The van der Waals surface area contributed by atoms with Gasteiger partial charge in [0.25, 0.3) is 0 Å². The summed E-state index contributed by atoms with van der Waals surface area (Å²) in [6, 6.07) is 1.97. The van der Waals surface area contributed by atoms with Crippen molar-refractivity contribution in [1.82, 2.24) is 9.19 Å². The second-order valence-corrected chi connectivity index (χ2v) is 5.26.